The standard InChI is InChI=1S/C70H125N2O6P/c1-6-8-10-12-14-16-18-20-22-24-25-26-27-28-29-30-31-32-33-34-35-36-37-38-39-40-41-42-43-44-45-46-47-48-50-52-54-56-58-60-62-64-70(74)71-68(67-78-79(75,76)77-66-65-72(3,4)5)69(73)63-61-59-57-55-53-51-49-23-21-19-17-15-13-11-9-7-2/h8,10,14,16,20,22,25-26,28-29,31-32,34-35,37-38,40-41,68-69,73H,6-7,9,11-13,15,17-19,21,23-24,27,30,33,36,39,42-67H2,1-5H3,(H-,71,74,75,76)/p+1/b10-8-,16-14-,22-20-,26-25-,29-28-,32-31-,35-34-,38-37-,41-40-. The molecule has 0 rings (SSSR count). The Morgan fingerprint density at radius 1 is 0.443 bits per heavy atom. The van der Waals surface area contributed by atoms with Crippen molar-refractivity contribution in [2.45, 2.75) is 289 Å². The number of hydrogen-bond acceptors (Lipinski definition) is 5. The van der Waals surface area contributed by atoms with E-state index < -0.39 is 20.0 Å². The van der Waals surface area contributed by atoms with E-state index in [1.54, 1.807) is 0 Å². The summed E-state index contributed by atoms with van der Waals surface area (Å²) in [4.78, 5) is 23.4. The first-order chi connectivity index (χ1) is 38.5. The number of nitrogens with zero attached hydrogens (tertiary/aromatic N) is 1. The van der Waals surface area contributed by atoms with Crippen LogP contribution in [0.3, 0.4) is 0 Å². The topological polar surface area (TPSA) is 105 Å². The Labute approximate surface area is 489 Å². The number of hydrogen-bond donors (Lipinski definition) is 3. The van der Waals surface area contributed by atoms with Gasteiger partial charge in [-0.05, 0) is 83.5 Å². The van der Waals surface area contributed by atoms with Crippen molar-refractivity contribution in [2.24, 2.45) is 0 Å². The fraction of sp³-hybridized carbons (Fsp3) is 0.729. The van der Waals surface area contributed by atoms with E-state index in [4.69, 9.17) is 9.05 Å². The highest BCUT2D eigenvalue weighted by atomic mass is 31.2. The third-order valence-electron chi connectivity index (χ3n) is 14.3. The maximum absolute atomic E-state index is 13.0. The van der Waals surface area contributed by atoms with Gasteiger partial charge in [0.2, 0.25) is 5.91 Å². The second-order valence-corrected chi connectivity index (χ2v) is 24.6. The van der Waals surface area contributed by atoms with Crippen molar-refractivity contribution in [1.82, 2.24) is 5.32 Å². The van der Waals surface area contributed by atoms with Crippen molar-refractivity contribution in [1.29, 1.82) is 0 Å². The number of aliphatic hydroxyl groups excluding tert-OH is 1. The Kier molecular flexibility index (Phi) is 57.6. The number of unbranched alkanes of at least 4 members (excludes halogenated alkanes) is 28. The number of quaternary nitrogens is 1. The highest BCUT2D eigenvalue weighted by Gasteiger charge is 2.28. The second kappa shape index (κ2) is 59.8. The van der Waals surface area contributed by atoms with Gasteiger partial charge in [0.15, 0.2) is 0 Å². The zero-order valence-electron chi connectivity index (χ0n) is 52.1. The molecule has 0 aromatic carbocycles. The molecular weight excluding hydrogens is 996 g/mol. The first-order valence-corrected chi connectivity index (χ1v) is 34.2. The highest BCUT2D eigenvalue weighted by molar-refractivity contribution is 7.47. The molecule has 1 amide bonds. The summed E-state index contributed by atoms with van der Waals surface area (Å²) in [7, 11) is 1.61. The van der Waals surface area contributed by atoms with Gasteiger partial charge in [0.25, 0.3) is 0 Å². The number of likely N-dealkylation sites (N-methyl/N-ethyl adjacent to an activating group) is 1. The summed E-state index contributed by atoms with van der Waals surface area (Å²) in [5.41, 5.74) is 0. The minimum absolute atomic E-state index is 0.0714. The normalized spacial score (nSPS) is 14.5. The number of carbonyl (C=O) groups excluding carboxylic acids is 1. The van der Waals surface area contributed by atoms with Crippen LogP contribution in [-0.4, -0.2) is 73.4 Å². The third-order valence-corrected chi connectivity index (χ3v) is 15.3. The first-order valence-electron chi connectivity index (χ1n) is 32.8. The predicted octanol–water partition coefficient (Wildman–Crippen LogP) is 20.7. The number of amides is 1. The second-order valence-electron chi connectivity index (χ2n) is 23.1. The van der Waals surface area contributed by atoms with Gasteiger partial charge in [0.05, 0.1) is 39.9 Å². The van der Waals surface area contributed by atoms with E-state index in [0.717, 1.165) is 96.3 Å². The van der Waals surface area contributed by atoms with Crippen LogP contribution in [0.2, 0.25) is 0 Å². The van der Waals surface area contributed by atoms with Gasteiger partial charge < -0.3 is 19.8 Å². The van der Waals surface area contributed by atoms with Crippen LogP contribution in [0.4, 0.5) is 0 Å². The molecular formula is C70H126N2O6P+. The summed E-state index contributed by atoms with van der Waals surface area (Å²) in [6, 6.07) is -0.767. The Hall–Kier alpha value is -2.84. The third kappa shape index (κ3) is 62.6. The number of phosphoric ester groups is 1. The molecule has 0 aliphatic heterocycles. The van der Waals surface area contributed by atoms with Gasteiger partial charge in [0.1, 0.15) is 13.2 Å². The molecule has 0 bridgehead atoms. The van der Waals surface area contributed by atoms with E-state index in [1.807, 2.05) is 21.1 Å². The van der Waals surface area contributed by atoms with Crippen LogP contribution < -0.4 is 5.32 Å². The number of nitrogens with one attached hydrogen (secondary N) is 1. The Morgan fingerprint density at radius 3 is 1.11 bits per heavy atom. The lowest BCUT2D eigenvalue weighted by Crippen LogP contribution is -2.46. The molecule has 3 N–H and O–H groups in total. The average Bonchev–Trinajstić information content (AvgIpc) is 3.42. The summed E-state index contributed by atoms with van der Waals surface area (Å²) < 4.78 is 23.8. The Balaban J connectivity index is 4.02. The number of rotatable bonds is 59. The van der Waals surface area contributed by atoms with Gasteiger partial charge in [-0.15, -0.1) is 0 Å². The van der Waals surface area contributed by atoms with Crippen molar-refractivity contribution >= 4 is 13.7 Å². The quantitative estimate of drug-likeness (QED) is 0.0243. The summed E-state index contributed by atoms with van der Waals surface area (Å²) in [6.07, 6.45) is 87.4. The van der Waals surface area contributed by atoms with Gasteiger partial charge in [-0.3, -0.25) is 13.8 Å². The number of phosphoric acid groups is 1. The van der Waals surface area contributed by atoms with Crippen LogP contribution in [0.15, 0.2) is 109 Å². The highest BCUT2D eigenvalue weighted by Crippen LogP contribution is 2.43. The fourth-order valence-electron chi connectivity index (χ4n) is 9.22. The molecule has 0 heterocycles. The van der Waals surface area contributed by atoms with Crippen molar-refractivity contribution < 1.29 is 32.9 Å². The van der Waals surface area contributed by atoms with E-state index in [-0.39, 0.29) is 19.1 Å². The van der Waals surface area contributed by atoms with Gasteiger partial charge in [-0.1, -0.05) is 297 Å². The summed E-state index contributed by atoms with van der Waals surface area (Å²) >= 11 is 0. The molecule has 0 radical (unpaired) electrons. The molecule has 0 fully saturated rings. The molecule has 0 saturated carbocycles. The van der Waals surface area contributed by atoms with Crippen LogP contribution >= 0.6 is 7.82 Å². The molecule has 9 heteroatoms. The zero-order valence-corrected chi connectivity index (χ0v) is 53.0. The predicted molar refractivity (Wildman–Crippen MR) is 345 cm³/mol. The maximum atomic E-state index is 13.0. The smallest absolute Gasteiger partial charge is 0.391 e. The van der Waals surface area contributed by atoms with E-state index in [9.17, 15) is 19.4 Å². The lowest BCUT2D eigenvalue weighted by Gasteiger charge is -2.26. The zero-order chi connectivity index (χ0) is 57.7. The summed E-state index contributed by atoms with van der Waals surface area (Å²) in [5, 5.41) is 14.1. The van der Waals surface area contributed by atoms with E-state index in [2.05, 4.69) is 129 Å². The molecule has 456 valence electrons. The lowest BCUT2D eigenvalue weighted by atomic mass is 10.0. The lowest BCUT2D eigenvalue weighted by molar-refractivity contribution is -0.870. The number of carbonyl (C=O) groups is 1. The molecule has 8 nitrogen and oxygen atoms in total. The molecule has 0 aliphatic carbocycles. The minimum Gasteiger partial charge on any atom is -0.391 e. The summed E-state index contributed by atoms with van der Waals surface area (Å²) in [6.45, 7) is 4.78. The molecule has 0 aliphatic rings. The van der Waals surface area contributed by atoms with Gasteiger partial charge in [-0.2, -0.15) is 0 Å². The van der Waals surface area contributed by atoms with Crippen molar-refractivity contribution in [3.63, 3.8) is 0 Å². The molecule has 79 heavy (non-hydrogen) atoms. The monoisotopic (exact) mass is 1120 g/mol. The average molecular weight is 1120 g/mol. The Morgan fingerprint density at radius 2 is 0.759 bits per heavy atom. The van der Waals surface area contributed by atoms with E-state index in [0.29, 0.717) is 23.9 Å². The van der Waals surface area contributed by atoms with E-state index >= 15 is 0 Å². The van der Waals surface area contributed by atoms with Gasteiger partial charge in [-0.25, -0.2) is 4.57 Å². The molecule has 3 unspecified atom stereocenters. The van der Waals surface area contributed by atoms with Crippen LogP contribution in [0.1, 0.15) is 277 Å². The van der Waals surface area contributed by atoms with Crippen LogP contribution in [0.25, 0.3) is 0 Å². The van der Waals surface area contributed by atoms with Crippen LogP contribution in [0, 0.1) is 0 Å². The number of aliphatic hydroxyl groups is 1. The maximum Gasteiger partial charge on any atom is 0.472 e. The fourth-order valence-corrected chi connectivity index (χ4v) is 9.95. The molecule has 3 atom stereocenters. The first kappa shape index (κ1) is 76.2. The molecule has 0 spiro atoms. The van der Waals surface area contributed by atoms with Crippen LogP contribution in [0.5, 0.6) is 0 Å². The van der Waals surface area contributed by atoms with Crippen LogP contribution in [-0.2, 0) is 18.4 Å². The van der Waals surface area contributed by atoms with Crippen molar-refractivity contribution in [3.05, 3.63) is 109 Å². The molecule has 0 aromatic rings. The van der Waals surface area contributed by atoms with Gasteiger partial charge in [0, 0.05) is 6.42 Å². The molecule has 0 aromatic heterocycles. The van der Waals surface area contributed by atoms with Crippen molar-refractivity contribution in [2.75, 3.05) is 40.9 Å². The minimum atomic E-state index is -4.33. The number of allylic oxidation sites excluding steroid dienone is 18. The summed E-state index contributed by atoms with van der Waals surface area (Å²) in [5.74, 6) is -0.147. The van der Waals surface area contributed by atoms with Gasteiger partial charge >= 0.3 is 7.82 Å². The largest absolute Gasteiger partial charge is 0.472 e. The van der Waals surface area contributed by atoms with E-state index in [1.165, 1.54) is 154 Å². The SMILES string of the molecule is CC/C=C\C/C=C\C/C=C\C/C=C\C/C=C\C/C=C\C/C=C\C/C=C\C/C=C\CCCCCCCCCCCCCCCC(=O)NC(COP(=O)(O)OCC[N+](C)(C)C)C(O)CCCCCCCCCCCCCCCCCC. The van der Waals surface area contributed by atoms with Crippen molar-refractivity contribution in [3.8, 4) is 0 Å². The molecule has 0 saturated heterocycles. The Bertz CT molecular complexity index is 1650.